The topological polar surface area (TPSA) is 42.3 Å². The van der Waals surface area contributed by atoms with Crippen LogP contribution in [-0.2, 0) is 4.79 Å². The van der Waals surface area contributed by atoms with Gasteiger partial charge < -0.3 is 0 Å². The van der Waals surface area contributed by atoms with Crippen molar-refractivity contribution >= 4 is 34.3 Å². The molecule has 0 aliphatic rings. The van der Waals surface area contributed by atoms with Crippen LogP contribution in [0.25, 0.3) is 10.9 Å². The molecule has 0 atom stereocenters. The van der Waals surface area contributed by atoms with Gasteiger partial charge in [0.1, 0.15) is 0 Å². The smallest absolute Gasteiger partial charge is 0.240 e. The molecule has 0 aliphatic heterocycles. The number of fused-ring (bicyclic) bond motifs is 1. The second kappa shape index (κ2) is 3.58. The number of hydrogen-bond acceptors (Lipinski definition) is 3. The summed E-state index contributed by atoms with van der Waals surface area (Å²) in [6.07, 6.45) is 2.95. The highest BCUT2D eigenvalue weighted by Gasteiger charge is 2.00. The molecule has 0 N–H and O–H groups in total. The van der Waals surface area contributed by atoms with Crippen molar-refractivity contribution in [1.82, 2.24) is 4.98 Å². The molecule has 1 aromatic carbocycles. The second-order valence-corrected chi connectivity index (χ2v) is 3.12. The number of aromatic nitrogens is 1. The highest BCUT2D eigenvalue weighted by molar-refractivity contribution is 6.35. The van der Waals surface area contributed by atoms with Crippen molar-refractivity contribution in [1.29, 1.82) is 0 Å². The molecule has 0 radical (unpaired) electrons. The molecule has 68 valence electrons. The van der Waals surface area contributed by atoms with E-state index in [4.69, 9.17) is 11.6 Å². The third-order valence-electron chi connectivity index (χ3n) is 1.82. The Morgan fingerprint density at radius 2 is 2.29 bits per heavy atom. The van der Waals surface area contributed by atoms with Gasteiger partial charge in [-0.25, -0.2) is 4.79 Å². The van der Waals surface area contributed by atoms with E-state index in [0.717, 1.165) is 5.39 Å². The van der Waals surface area contributed by atoms with Crippen LogP contribution in [0, 0.1) is 0 Å². The van der Waals surface area contributed by atoms with Crippen LogP contribution in [0.4, 0.5) is 5.69 Å². The average Bonchev–Trinajstić information content (AvgIpc) is 2.18. The third kappa shape index (κ3) is 1.51. The molecular formula is C10H5ClN2O. The molecule has 14 heavy (non-hydrogen) atoms. The summed E-state index contributed by atoms with van der Waals surface area (Å²) in [5.41, 5.74) is 1.19. The van der Waals surface area contributed by atoms with Crippen LogP contribution in [0.2, 0.25) is 5.02 Å². The molecule has 0 spiro atoms. The Morgan fingerprint density at radius 1 is 1.43 bits per heavy atom. The molecule has 0 saturated carbocycles. The molecule has 0 aliphatic carbocycles. The molecule has 4 heteroatoms. The summed E-state index contributed by atoms with van der Waals surface area (Å²) in [6, 6.07) is 7.18. The van der Waals surface area contributed by atoms with Gasteiger partial charge in [-0.3, -0.25) is 4.98 Å². The maximum atomic E-state index is 10.0. The molecule has 2 aromatic rings. The van der Waals surface area contributed by atoms with E-state index in [1.54, 1.807) is 12.1 Å². The molecule has 0 unspecified atom stereocenters. The van der Waals surface area contributed by atoms with Crippen molar-refractivity contribution in [2.75, 3.05) is 0 Å². The second-order valence-electron chi connectivity index (χ2n) is 2.71. The van der Waals surface area contributed by atoms with E-state index < -0.39 is 0 Å². The van der Waals surface area contributed by atoms with Gasteiger partial charge in [-0.15, -0.1) is 0 Å². The number of halogens is 1. The van der Waals surface area contributed by atoms with Crippen LogP contribution in [-0.4, -0.2) is 11.1 Å². The lowest BCUT2D eigenvalue weighted by Gasteiger charge is -1.98. The van der Waals surface area contributed by atoms with Gasteiger partial charge in [-0.1, -0.05) is 23.7 Å². The molecule has 0 fully saturated rings. The largest absolute Gasteiger partial charge is 0.252 e. The van der Waals surface area contributed by atoms with Gasteiger partial charge >= 0.3 is 0 Å². The zero-order valence-electron chi connectivity index (χ0n) is 7.07. The number of aliphatic imine (C=N–C) groups is 1. The lowest BCUT2D eigenvalue weighted by molar-refractivity contribution is 0.565. The highest BCUT2D eigenvalue weighted by atomic mass is 35.5. The maximum Gasteiger partial charge on any atom is 0.240 e. The molecule has 2 rings (SSSR count). The Labute approximate surface area is 85.1 Å². The van der Waals surface area contributed by atoms with Crippen molar-refractivity contribution in [3.8, 4) is 0 Å². The van der Waals surface area contributed by atoms with Gasteiger partial charge in [0.15, 0.2) is 0 Å². The van der Waals surface area contributed by atoms with Gasteiger partial charge in [0.2, 0.25) is 6.08 Å². The van der Waals surface area contributed by atoms with Crippen molar-refractivity contribution in [2.24, 2.45) is 4.99 Å². The van der Waals surface area contributed by atoms with Crippen molar-refractivity contribution in [2.45, 2.75) is 0 Å². The molecule has 0 saturated heterocycles. The number of rotatable bonds is 1. The fourth-order valence-corrected chi connectivity index (χ4v) is 1.46. The fraction of sp³-hybridized carbons (Fsp3) is 0. The lowest BCUT2D eigenvalue weighted by Crippen LogP contribution is -1.78. The molecular weight excluding hydrogens is 200 g/mol. The van der Waals surface area contributed by atoms with Crippen LogP contribution in [0.5, 0.6) is 0 Å². The van der Waals surface area contributed by atoms with E-state index >= 15 is 0 Å². The normalized spacial score (nSPS) is 9.79. The number of nitrogens with zero attached hydrogens (tertiary/aromatic N) is 2. The monoisotopic (exact) mass is 204 g/mol. The number of hydrogen-bond donors (Lipinski definition) is 0. The first-order valence-corrected chi connectivity index (χ1v) is 4.31. The molecule has 1 heterocycles. The van der Waals surface area contributed by atoms with Crippen LogP contribution >= 0.6 is 11.6 Å². The van der Waals surface area contributed by atoms with E-state index in [9.17, 15) is 4.79 Å². The summed E-state index contributed by atoms with van der Waals surface area (Å²) in [4.78, 5) is 17.6. The van der Waals surface area contributed by atoms with Crippen molar-refractivity contribution in [3.05, 3.63) is 35.5 Å². The van der Waals surface area contributed by atoms with Gasteiger partial charge in [-0.05, 0) is 12.1 Å². The van der Waals surface area contributed by atoms with Crippen LogP contribution in [0.3, 0.4) is 0 Å². The number of carbonyl (C=O) groups excluding carboxylic acids is 1. The minimum Gasteiger partial charge on any atom is -0.252 e. The number of para-hydroxylation sites is 1. The first-order valence-electron chi connectivity index (χ1n) is 3.93. The summed E-state index contributed by atoms with van der Waals surface area (Å²) in [5, 5.41) is 1.44. The van der Waals surface area contributed by atoms with Crippen LogP contribution in [0.1, 0.15) is 0 Å². The van der Waals surface area contributed by atoms with Gasteiger partial charge in [0.25, 0.3) is 0 Å². The number of isocyanates is 1. The Hall–Kier alpha value is -1.70. The first-order chi connectivity index (χ1) is 6.81. The first kappa shape index (κ1) is 8.88. The van der Waals surface area contributed by atoms with Crippen molar-refractivity contribution in [3.63, 3.8) is 0 Å². The SMILES string of the molecule is O=C=Nc1cnc2c(Cl)cccc2c1. The summed E-state index contributed by atoms with van der Waals surface area (Å²) in [5.74, 6) is 0. The van der Waals surface area contributed by atoms with E-state index in [2.05, 4.69) is 9.98 Å². The Morgan fingerprint density at radius 3 is 3.07 bits per heavy atom. The molecule has 0 amide bonds. The Balaban J connectivity index is 2.73. The predicted molar refractivity (Wildman–Crippen MR) is 54.5 cm³/mol. The lowest BCUT2D eigenvalue weighted by atomic mass is 10.2. The highest BCUT2D eigenvalue weighted by Crippen LogP contribution is 2.24. The zero-order chi connectivity index (χ0) is 9.97. The fourth-order valence-electron chi connectivity index (χ4n) is 1.23. The van der Waals surface area contributed by atoms with E-state index in [-0.39, 0.29) is 0 Å². The molecule has 1 aromatic heterocycles. The standard InChI is InChI=1S/C10H5ClN2O/c11-9-3-1-2-7-4-8(13-6-14)5-12-10(7)9/h1-5H. The van der Waals surface area contributed by atoms with Gasteiger partial charge in [-0.2, -0.15) is 4.99 Å². The van der Waals surface area contributed by atoms with E-state index in [0.29, 0.717) is 16.2 Å². The van der Waals surface area contributed by atoms with Crippen LogP contribution < -0.4 is 0 Å². The van der Waals surface area contributed by atoms with Gasteiger partial charge in [0.05, 0.1) is 22.4 Å². The summed E-state index contributed by atoms with van der Waals surface area (Å²) in [7, 11) is 0. The summed E-state index contributed by atoms with van der Waals surface area (Å²) in [6.45, 7) is 0. The van der Waals surface area contributed by atoms with E-state index in [1.165, 1.54) is 12.3 Å². The summed E-state index contributed by atoms with van der Waals surface area (Å²) < 4.78 is 0. The predicted octanol–water partition coefficient (Wildman–Crippen LogP) is 2.86. The van der Waals surface area contributed by atoms with Crippen molar-refractivity contribution < 1.29 is 4.79 Å². The minimum atomic E-state index is 0.481. The zero-order valence-corrected chi connectivity index (χ0v) is 7.82. The quantitative estimate of drug-likeness (QED) is 0.530. The number of pyridine rings is 1. The van der Waals surface area contributed by atoms with Gasteiger partial charge in [0, 0.05) is 5.39 Å². The Kier molecular flexibility index (Phi) is 2.27. The third-order valence-corrected chi connectivity index (χ3v) is 2.13. The number of benzene rings is 1. The average molecular weight is 205 g/mol. The Bertz CT molecular complexity index is 533. The maximum absolute atomic E-state index is 10.0. The minimum absolute atomic E-state index is 0.481. The van der Waals surface area contributed by atoms with E-state index in [1.807, 2.05) is 12.1 Å². The molecule has 0 bridgehead atoms. The summed E-state index contributed by atoms with van der Waals surface area (Å²) >= 11 is 5.92. The van der Waals surface area contributed by atoms with Crippen LogP contribution in [0.15, 0.2) is 35.5 Å². The molecule has 3 nitrogen and oxygen atoms in total.